The Morgan fingerprint density at radius 2 is 2.05 bits per heavy atom. The van der Waals surface area contributed by atoms with E-state index in [0.717, 1.165) is 17.5 Å². The fourth-order valence-electron chi connectivity index (χ4n) is 2.50. The van der Waals surface area contributed by atoms with Crippen molar-refractivity contribution in [1.82, 2.24) is 10.2 Å². The van der Waals surface area contributed by atoms with Gasteiger partial charge in [0.1, 0.15) is 0 Å². The molecule has 1 aliphatic heterocycles. The van der Waals surface area contributed by atoms with Gasteiger partial charge in [0.2, 0.25) is 0 Å². The zero-order valence-corrected chi connectivity index (χ0v) is 13.4. The molecule has 2 rings (SSSR count). The van der Waals surface area contributed by atoms with Crippen molar-refractivity contribution in [2.45, 2.75) is 39.5 Å². The van der Waals surface area contributed by atoms with Crippen LogP contribution in [-0.2, 0) is 17.9 Å². The van der Waals surface area contributed by atoms with Crippen molar-refractivity contribution in [3.63, 3.8) is 0 Å². The van der Waals surface area contributed by atoms with Crippen molar-refractivity contribution in [2.24, 2.45) is 5.92 Å². The maximum atomic E-state index is 12.1. The highest BCUT2D eigenvalue weighted by atomic mass is 16.5. The number of carbonyl (C=O) groups excluding carboxylic acids is 1. The number of urea groups is 1. The van der Waals surface area contributed by atoms with E-state index in [-0.39, 0.29) is 11.9 Å². The van der Waals surface area contributed by atoms with Gasteiger partial charge < -0.3 is 20.1 Å². The second kappa shape index (κ2) is 8.15. The van der Waals surface area contributed by atoms with E-state index in [1.54, 1.807) is 4.90 Å². The molecule has 2 atom stereocenters. The number of rotatable bonds is 5. The first kappa shape index (κ1) is 16.8. The maximum absolute atomic E-state index is 12.1. The molecule has 1 heterocycles. The molecule has 1 aromatic rings. The van der Waals surface area contributed by atoms with Crippen LogP contribution in [0.15, 0.2) is 24.3 Å². The minimum atomic E-state index is -0.419. The van der Waals surface area contributed by atoms with Gasteiger partial charge in [0.15, 0.2) is 0 Å². The molecule has 22 heavy (non-hydrogen) atoms. The van der Waals surface area contributed by atoms with Gasteiger partial charge in [-0.3, -0.25) is 0 Å². The summed E-state index contributed by atoms with van der Waals surface area (Å²) in [6, 6.07) is 7.93. The summed E-state index contributed by atoms with van der Waals surface area (Å²) in [5.74, 6) is 0.266. The van der Waals surface area contributed by atoms with Crippen molar-refractivity contribution >= 4 is 6.03 Å². The Morgan fingerprint density at radius 3 is 2.68 bits per heavy atom. The molecule has 1 aliphatic rings. The van der Waals surface area contributed by atoms with E-state index < -0.39 is 6.10 Å². The lowest BCUT2D eigenvalue weighted by molar-refractivity contribution is 0.0435. The minimum absolute atomic E-state index is 0.107. The molecule has 1 saturated heterocycles. The van der Waals surface area contributed by atoms with Gasteiger partial charge in [0.05, 0.1) is 12.7 Å². The molecule has 0 saturated carbocycles. The van der Waals surface area contributed by atoms with Gasteiger partial charge in [-0.1, -0.05) is 31.2 Å². The zero-order valence-electron chi connectivity index (χ0n) is 13.4. The average Bonchev–Trinajstić information content (AvgIpc) is 2.54. The molecule has 2 unspecified atom stereocenters. The first-order valence-corrected chi connectivity index (χ1v) is 7.96. The third-order valence-electron chi connectivity index (χ3n) is 4.15. The van der Waals surface area contributed by atoms with E-state index in [1.807, 2.05) is 38.1 Å². The van der Waals surface area contributed by atoms with Crippen molar-refractivity contribution in [1.29, 1.82) is 0 Å². The quantitative estimate of drug-likeness (QED) is 0.876. The number of hydrogen-bond acceptors (Lipinski definition) is 3. The Balaban J connectivity index is 1.78. The van der Waals surface area contributed by atoms with Crippen LogP contribution in [-0.4, -0.2) is 41.8 Å². The van der Waals surface area contributed by atoms with Gasteiger partial charge in [-0.05, 0) is 30.4 Å². The average molecular weight is 306 g/mol. The van der Waals surface area contributed by atoms with E-state index in [1.165, 1.54) is 0 Å². The number of amides is 2. The number of likely N-dealkylation sites (tertiary alicyclic amines) is 1. The van der Waals surface area contributed by atoms with Gasteiger partial charge >= 0.3 is 6.03 Å². The molecule has 0 bridgehead atoms. The second-order valence-corrected chi connectivity index (χ2v) is 5.89. The summed E-state index contributed by atoms with van der Waals surface area (Å²) >= 11 is 0. The molecule has 5 nitrogen and oxygen atoms in total. The van der Waals surface area contributed by atoms with Gasteiger partial charge in [-0.15, -0.1) is 0 Å². The number of benzene rings is 1. The summed E-state index contributed by atoms with van der Waals surface area (Å²) in [5, 5.41) is 12.8. The number of hydrogen-bond donors (Lipinski definition) is 2. The number of nitrogens with one attached hydrogen (secondary N) is 1. The monoisotopic (exact) mass is 306 g/mol. The number of aliphatic hydroxyl groups is 1. The summed E-state index contributed by atoms with van der Waals surface area (Å²) in [7, 11) is 0. The first-order valence-electron chi connectivity index (χ1n) is 7.96. The number of nitrogens with zero attached hydrogens (tertiary/aromatic N) is 1. The van der Waals surface area contributed by atoms with E-state index >= 15 is 0 Å². The van der Waals surface area contributed by atoms with Crippen LogP contribution in [0.5, 0.6) is 0 Å². The van der Waals surface area contributed by atoms with Crippen LogP contribution < -0.4 is 5.32 Å². The van der Waals surface area contributed by atoms with Crippen molar-refractivity contribution in [3.8, 4) is 0 Å². The lowest BCUT2D eigenvalue weighted by Crippen LogP contribution is -2.49. The summed E-state index contributed by atoms with van der Waals surface area (Å²) in [6.07, 6.45) is 0.429. The Labute approximate surface area is 132 Å². The van der Waals surface area contributed by atoms with Crippen LogP contribution in [0, 0.1) is 5.92 Å². The molecule has 1 fully saturated rings. The largest absolute Gasteiger partial charge is 0.391 e. The van der Waals surface area contributed by atoms with Crippen molar-refractivity contribution in [2.75, 3.05) is 19.7 Å². The summed E-state index contributed by atoms with van der Waals surface area (Å²) in [4.78, 5) is 13.8. The molecule has 0 spiro atoms. The standard InChI is InChI=1S/C17H26N2O3/c1-3-22-12-15-6-4-14(5-7-15)10-18-17(21)19-9-8-13(2)16(20)11-19/h4-7,13,16,20H,3,8-12H2,1-2H3,(H,18,21). The summed E-state index contributed by atoms with van der Waals surface area (Å²) in [6.45, 7) is 6.94. The molecule has 1 aromatic carbocycles. The fraction of sp³-hybridized carbons (Fsp3) is 0.588. The number of piperidine rings is 1. The zero-order chi connectivity index (χ0) is 15.9. The summed E-state index contributed by atoms with van der Waals surface area (Å²) < 4.78 is 5.36. The Kier molecular flexibility index (Phi) is 6.21. The van der Waals surface area contributed by atoms with E-state index in [9.17, 15) is 9.90 Å². The maximum Gasteiger partial charge on any atom is 0.317 e. The molecule has 0 aromatic heterocycles. The normalized spacial score (nSPS) is 21.7. The smallest absolute Gasteiger partial charge is 0.317 e. The van der Waals surface area contributed by atoms with Crippen LogP contribution in [0.4, 0.5) is 4.79 Å². The third kappa shape index (κ3) is 4.71. The van der Waals surface area contributed by atoms with Crippen LogP contribution in [0.3, 0.4) is 0 Å². The van der Waals surface area contributed by atoms with E-state index in [4.69, 9.17) is 4.74 Å². The summed E-state index contributed by atoms with van der Waals surface area (Å²) in [5.41, 5.74) is 2.18. The van der Waals surface area contributed by atoms with Crippen LogP contribution in [0.1, 0.15) is 31.4 Å². The van der Waals surface area contributed by atoms with Crippen LogP contribution >= 0.6 is 0 Å². The molecular formula is C17H26N2O3. The topological polar surface area (TPSA) is 61.8 Å². The minimum Gasteiger partial charge on any atom is -0.391 e. The SMILES string of the molecule is CCOCc1ccc(CNC(=O)N2CCC(C)C(O)C2)cc1. The lowest BCUT2D eigenvalue weighted by Gasteiger charge is -2.34. The highest BCUT2D eigenvalue weighted by molar-refractivity contribution is 5.74. The number of aliphatic hydroxyl groups excluding tert-OH is 1. The predicted molar refractivity (Wildman–Crippen MR) is 85.4 cm³/mol. The molecule has 0 radical (unpaired) electrons. The number of β-amino-alcohol motifs (C(OH)–C–C–N with tert-alkyl or cyclic N) is 1. The van der Waals surface area contributed by atoms with Crippen molar-refractivity contribution < 1.29 is 14.6 Å². The number of carbonyl (C=O) groups is 1. The van der Waals surface area contributed by atoms with Gasteiger partial charge in [-0.2, -0.15) is 0 Å². The molecular weight excluding hydrogens is 280 g/mol. The van der Waals surface area contributed by atoms with Crippen LogP contribution in [0.2, 0.25) is 0 Å². The highest BCUT2D eigenvalue weighted by Gasteiger charge is 2.26. The third-order valence-corrected chi connectivity index (χ3v) is 4.15. The van der Waals surface area contributed by atoms with Crippen molar-refractivity contribution in [3.05, 3.63) is 35.4 Å². The highest BCUT2D eigenvalue weighted by Crippen LogP contribution is 2.16. The molecule has 0 aliphatic carbocycles. The molecule has 2 amide bonds. The lowest BCUT2D eigenvalue weighted by atomic mass is 9.96. The Bertz CT molecular complexity index is 475. The number of ether oxygens (including phenoxy) is 1. The predicted octanol–water partition coefficient (Wildman–Crippen LogP) is 2.14. The molecule has 2 N–H and O–H groups in total. The molecule has 5 heteroatoms. The Morgan fingerprint density at radius 1 is 1.36 bits per heavy atom. The van der Waals surface area contributed by atoms with Crippen LogP contribution in [0.25, 0.3) is 0 Å². The van der Waals surface area contributed by atoms with Gasteiger partial charge in [0, 0.05) is 26.2 Å². The van der Waals surface area contributed by atoms with Gasteiger partial charge in [-0.25, -0.2) is 4.79 Å². The van der Waals surface area contributed by atoms with E-state index in [0.29, 0.717) is 32.8 Å². The van der Waals surface area contributed by atoms with E-state index in [2.05, 4.69) is 5.32 Å². The first-order chi connectivity index (χ1) is 10.6. The second-order valence-electron chi connectivity index (χ2n) is 5.89. The Hall–Kier alpha value is -1.59. The molecule has 122 valence electrons. The fourth-order valence-corrected chi connectivity index (χ4v) is 2.50. The van der Waals surface area contributed by atoms with Gasteiger partial charge in [0.25, 0.3) is 0 Å².